The van der Waals surface area contributed by atoms with Gasteiger partial charge in [-0.1, -0.05) is 38.3 Å². The van der Waals surface area contributed by atoms with Gasteiger partial charge in [0.1, 0.15) is 5.75 Å². The van der Waals surface area contributed by atoms with E-state index >= 15 is 0 Å². The zero-order chi connectivity index (χ0) is 25.1. The Hall–Kier alpha value is -3.62. The molecule has 0 aliphatic rings. The van der Waals surface area contributed by atoms with E-state index in [9.17, 15) is 9.59 Å². The van der Waals surface area contributed by atoms with E-state index in [1.807, 2.05) is 36.4 Å². The Kier molecular flexibility index (Phi) is 13.3. The van der Waals surface area contributed by atoms with Crippen molar-refractivity contribution in [2.45, 2.75) is 58.8 Å². The lowest BCUT2D eigenvalue weighted by Crippen LogP contribution is -2.47. The van der Waals surface area contributed by atoms with Crippen LogP contribution in [0.2, 0.25) is 0 Å². The summed E-state index contributed by atoms with van der Waals surface area (Å²) in [4.78, 5) is 22.6. The normalized spacial score (nSPS) is 10.7. The molecule has 2 aromatic rings. The Balaban J connectivity index is 1.60. The van der Waals surface area contributed by atoms with E-state index in [4.69, 9.17) is 4.74 Å². The van der Waals surface area contributed by atoms with E-state index in [1.54, 1.807) is 6.92 Å². The molecule has 190 valence electrons. The Morgan fingerprint density at radius 2 is 1.49 bits per heavy atom. The van der Waals surface area contributed by atoms with Crippen molar-refractivity contribution in [1.82, 2.24) is 16.2 Å². The number of ether oxygens (including phenoxy) is 2. The van der Waals surface area contributed by atoms with Gasteiger partial charge in [0.25, 0.3) is 0 Å². The van der Waals surface area contributed by atoms with Crippen LogP contribution in [0.15, 0.2) is 58.8 Å². The fourth-order valence-electron chi connectivity index (χ4n) is 3.15. The molecule has 2 rings (SSSR count). The van der Waals surface area contributed by atoms with Crippen LogP contribution in [0.3, 0.4) is 0 Å². The topological polar surface area (TPSA) is 113 Å². The number of carbonyl (C=O) groups is 2. The summed E-state index contributed by atoms with van der Waals surface area (Å²) >= 11 is 0. The predicted molar refractivity (Wildman–Crippen MR) is 136 cm³/mol. The Morgan fingerprint density at radius 3 is 2.14 bits per heavy atom. The summed E-state index contributed by atoms with van der Waals surface area (Å²) < 4.78 is 10.4. The highest BCUT2D eigenvalue weighted by molar-refractivity contribution is 5.77. The summed E-state index contributed by atoms with van der Waals surface area (Å²) in [6, 6.07) is 15.2. The molecule has 0 heterocycles. The number of hydrogen-bond donors (Lipinski definition) is 3. The molecular weight excluding hydrogens is 446 g/mol. The average Bonchev–Trinajstić information content (AvgIpc) is 2.88. The van der Waals surface area contributed by atoms with Crippen LogP contribution >= 0.6 is 0 Å². The SMILES string of the molecule is CCCCCCc1ccc(N=Nc2ccc(OCCCCNC(=O)NNC(=O)OCC)cc2)cc1. The number of hydrogen-bond acceptors (Lipinski definition) is 6. The van der Waals surface area contributed by atoms with Crippen molar-refractivity contribution in [3.8, 4) is 5.75 Å². The predicted octanol–water partition coefficient (Wildman–Crippen LogP) is 6.34. The molecule has 0 unspecified atom stereocenters. The molecule has 0 aliphatic carbocycles. The second kappa shape index (κ2) is 16.9. The molecule has 3 amide bonds. The Bertz CT molecular complexity index is 901. The minimum Gasteiger partial charge on any atom is -0.494 e. The van der Waals surface area contributed by atoms with Crippen LogP contribution in [0.5, 0.6) is 5.75 Å². The quantitative estimate of drug-likeness (QED) is 0.165. The summed E-state index contributed by atoms with van der Waals surface area (Å²) in [7, 11) is 0. The van der Waals surface area contributed by atoms with Gasteiger partial charge in [0.2, 0.25) is 0 Å². The lowest BCUT2D eigenvalue weighted by atomic mass is 10.1. The summed E-state index contributed by atoms with van der Waals surface area (Å²) in [6.07, 6.45) is 6.97. The summed E-state index contributed by atoms with van der Waals surface area (Å²) in [5.74, 6) is 0.751. The monoisotopic (exact) mass is 483 g/mol. The number of unbranched alkanes of at least 4 members (excludes halogenated alkanes) is 4. The van der Waals surface area contributed by atoms with E-state index in [0.717, 1.165) is 36.4 Å². The lowest BCUT2D eigenvalue weighted by Gasteiger charge is -2.09. The number of aryl methyl sites for hydroxylation is 1. The summed E-state index contributed by atoms with van der Waals surface area (Å²) in [6.45, 7) is 5.12. The molecule has 2 aromatic carbocycles. The van der Waals surface area contributed by atoms with Crippen molar-refractivity contribution in [1.29, 1.82) is 0 Å². The van der Waals surface area contributed by atoms with Crippen LogP contribution in [-0.4, -0.2) is 31.9 Å². The van der Waals surface area contributed by atoms with Gasteiger partial charge >= 0.3 is 12.1 Å². The molecule has 0 aliphatic heterocycles. The number of azo groups is 1. The highest BCUT2D eigenvalue weighted by atomic mass is 16.6. The zero-order valence-electron chi connectivity index (χ0n) is 20.7. The molecule has 9 heteroatoms. The minimum absolute atomic E-state index is 0.232. The third-order valence-corrected chi connectivity index (χ3v) is 5.05. The molecule has 0 aromatic heterocycles. The molecular formula is C26H37N5O4. The minimum atomic E-state index is -0.703. The Morgan fingerprint density at radius 1 is 0.800 bits per heavy atom. The van der Waals surface area contributed by atoms with E-state index in [-0.39, 0.29) is 6.61 Å². The van der Waals surface area contributed by atoms with E-state index in [1.165, 1.54) is 31.2 Å². The van der Waals surface area contributed by atoms with E-state index in [2.05, 4.69) is 50.2 Å². The number of hydrazine groups is 1. The first-order valence-electron chi connectivity index (χ1n) is 12.3. The smallest absolute Gasteiger partial charge is 0.426 e. The largest absolute Gasteiger partial charge is 0.494 e. The van der Waals surface area contributed by atoms with E-state index in [0.29, 0.717) is 13.2 Å². The van der Waals surface area contributed by atoms with Crippen molar-refractivity contribution >= 4 is 23.5 Å². The van der Waals surface area contributed by atoms with Gasteiger partial charge < -0.3 is 14.8 Å². The molecule has 0 saturated heterocycles. The summed E-state index contributed by atoms with van der Waals surface area (Å²) in [5, 5.41) is 11.2. The van der Waals surface area contributed by atoms with Crippen LogP contribution < -0.4 is 20.9 Å². The van der Waals surface area contributed by atoms with Gasteiger partial charge in [-0.15, -0.1) is 0 Å². The maximum absolute atomic E-state index is 11.5. The number of nitrogens with zero attached hydrogens (tertiary/aromatic N) is 2. The molecule has 35 heavy (non-hydrogen) atoms. The van der Waals surface area contributed by atoms with Gasteiger partial charge in [0.15, 0.2) is 0 Å². The molecule has 3 N–H and O–H groups in total. The number of amides is 3. The van der Waals surface area contributed by atoms with Crippen molar-refractivity contribution in [2.75, 3.05) is 19.8 Å². The highest BCUT2D eigenvalue weighted by Crippen LogP contribution is 2.22. The number of urea groups is 1. The summed E-state index contributed by atoms with van der Waals surface area (Å²) in [5.41, 5.74) is 7.26. The van der Waals surface area contributed by atoms with Gasteiger partial charge in [0, 0.05) is 6.54 Å². The lowest BCUT2D eigenvalue weighted by molar-refractivity contribution is 0.147. The van der Waals surface area contributed by atoms with Gasteiger partial charge in [0.05, 0.1) is 24.6 Å². The number of rotatable bonds is 14. The second-order valence-electron chi connectivity index (χ2n) is 7.95. The third-order valence-electron chi connectivity index (χ3n) is 5.05. The standard InChI is InChI=1S/C26H37N5O4/c1-3-5-6-7-10-21-11-13-22(14-12-21)28-29-23-15-17-24(18-16-23)35-20-9-8-19-27-25(32)30-31-26(33)34-4-2/h11-18H,3-10,19-20H2,1-2H3,(H,31,33)(H2,27,30,32). The molecule has 0 fully saturated rings. The molecule has 0 spiro atoms. The van der Waals surface area contributed by atoms with Crippen molar-refractivity contribution < 1.29 is 19.1 Å². The average molecular weight is 484 g/mol. The molecule has 0 radical (unpaired) electrons. The first-order chi connectivity index (χ1) is 17.1. The van der Waals surface area contributed by atoms with Crippen molar-refractivity contribution in [3.63, 3.8) is 0 Å². The fraction of sp³-hybridized carbons (Fsp3) is 0.462. The number of benzene rings is 2. The number of nitrogens with one attached hydrogen (secondary N) is 3. The van der Waals surface area contributed by atoms with Crippen LogP contribution in [0.1, 0.15) is 57.9 Å². The third kappa shape index (κ3) is 12.4. The van der Waals surface area contributed by atoms with Gasteiger partial charge in [-0.05, 0) is 74.6 Å². The Labute approximate surface area is 207 Å². The first-order valence-corrected chi connectivity index (χ1v) is 12.3. The van der Waals surface area contributed by atoms with Crippen molar-refractivity contribution in [2.24, 2.45) is 10.2 Å². The van der Waals surface area contributed by atoms with Crippen molar-refractivity contribution in [3.05, 3.63) is 54.1 Å². The molecule has 9 nitrogen and oxygen atoms in total. The second-order valence-corrected chi connectivity index (χ2v) is 7.95. The zero-order valence-corrected chi connectivity index (χ0v) is 20.7. The van der Waals surface area contributed by atoms with Crippen LogP contribution in [0, 0.1) is 0 Å². The van der Waals surface area contributed by atoms with Crippen LogP contribution in [0.4, 0.5) is 21.0 Å². The van der Waals surface area contributed by atoms with Crippen LogP contribution in [0.25, 0.3) is 0 Å². The van der Waals surface area contributed by atoms with Gasteiger partial charge in [-0.2, -0.15) is 10.2 Å². The number of carbonyl (C=O) groups excluding carboxylic acids is 2. The maximum Gasteiger partial charge on any atom is 0.426 e. The van der Waals surface area contributed by atoms with Crippen LogP contribution in [-0.2, 0) is 11.2 Å². The molecule has 0 bridgehead atoms. The fourth-order valence-corrected chi connectivity index (χ4v) is 3.15. The van der Waals surface area contributed by atoms with Gasteiger partial charge in [-0.3, -0.25) is 0 Å². The van der Waals surface area contributed by atoms with Gasteiger partial charge in [-0.25, -0.2) is 20.4 Å². The maximum atomic E-state index is 11.5. The molecule has 0 atom stereocenters. The van der Waals surface area contributed by atoms with E-state index < -0.39 is 12.1 Å². The highest BCUT2D eigenvalue weighted by Gasteiger charge is 2.03. The first kappa shape index (κ1) is 27.6. The molecule has 0 saturated carbocycles.